The second kappa shape index (κ2) is 70.2. The molecule has 0 aliphatic carbocycles. The molecule has 0 aromatic carbocycles. The Morgan fingerprint density at radius 2 is 0.656 bits per heavy atom. The number of ketones is 2. The highest BCUT2D eigenvalue weighted by molar-refractivity contribution is 7.33. The maximum absolute atomic E-state index is 13.2. The average Bonchev–Trinajstić information content (AvgIpc) is 2.33. The number of Topliss-reactive ketones (excluding diaryl/α,β-unsaturated/α-hetero) is 2. The number of nitrogens with one attached hydrogen (secondary N) is 4. The van der Waals surface area contributed by atoms with Gasteiger partial charge in [-0.25, -0.2) is 4.79 Å². The number of unbranched alkanes of at least 4 members (excludes halogenated alkanes) is 32. The Kier molecular flexibility index (Phi) is 67.8. The van der Waals surface area contributed by atoms with E-state index in [1.165, 1.54) is 110 Å². The molecule has 0 aromatic rings. The third-order valence-corrected chi connectivity index (χ3v) is 18.4. The van der Waals surface area contributed by atoms with E-state index in [1.807, 2.05) is 0 Å². The zero-order valence-electron chi connectivity index (χ0n) is 61.3. The van der Waals surface area contributed by atoms with Crippen molar-refractivity contribution in [1.29, 1.82) is 0 Å². The molecule has 6 atom stereocenters. The number of hydrogen-bond donors (Lipinski definition) is 4. The van der Waals surface area contributed by atoms with Crippen molar-refractivity contribution >= 4 is 57.9 Å². The number of hydrogen-bond acceptors (Lipinski definition) is 17. The minimum absolute atomic E-state index is 0.0210. The highest BCUT2D eigenvalue weighted by atomic mass is 31.1. The van der Waals surface area contributed by atoms with Crippen LogP contribution in [-0.2, 0) is 74.9 Å². The average molecular weight is 1410 g/mol. The van der Waals surface area contributed by atoms with Crippen LogP contribution in [-0.4, -0.2) is 132 Å². The van der Waals surface area contributed by atoms with Crippen molar-refractivity contribution in [2.24, 2.45) is 0 Å². The fourth-order valence-corrected chi connectivity index (χ4v) is 12.5. The van der Waals surface area contributed by atoms with Gasteiger partial charge in [-0.2, -0.15) is 0 Å². The van der Waals surface area contributed by atoms with Crippen LogP contribution in [0.2, 0.25) is 0 Å². The first-order valence-electron chi connectivity index (χ1n) is 38.4. The Morgan fingerprint density at radius 1 is 0.344 bits per heavy atom. The zero-order chi connectivity index (χ0) is 70.6. The zero-order valence-corrected chi connectivity index (χ0v) is 63.3. The molecule has 0 saturated carbocycles. The Labute approximate surface area is 583 Å². The summed E-state index contributed by atoms with van der Waals surface area (Å²) in [5.74, 6) is -1.89. The summed E-state index contributed by atoms with van der Waals surface area (Å²) >= 11 is 0. The molecule has 23 heteroatoms. The van der Waals surface area contributed by atoms with Gasteiger partial charge in [-0.3, -0.25) is 37.9 Å². The lowest BCUT2D eigenvalue weighted by atomic mass is 10.0. The molecule has 0 rings (SSSR count). The summed E-state index contributed by atoms with van der Waals surface area (Å²) in [5, 5.41) is 10.7. The van der Waals surface area contributed by atoms with Crippen LogP contribution in [0.3, 0.4) is 0 Å². The fourth-order valence-electron chi connectivity index (χ4n) is 11.1. The molecule has 21 nitrogen and oxygen atoms in total. The van der Waals surface area contributed by atoms with Crippen LogP contribution in [0.4, 0.5) is 4.79 Å². The number of amides is 4. The van der Waals surface area contributed by atoms with E-state index in [9.17, 15) is 42.7 Å². The predicted octanol–water partition coefficient (Wildman–Crippen LogP) is 17.2. The molecule has 96 heavy (non-hydrogen) atoms. The molecular weight excluding hydrogens is 1270 g/mol. The second-order valence-corrected chi connectivity index (χ2v) is 28.3. The van der Waals surface area contributed by atoms with E-state index >= 15 is 0 Å². The first-order chi connectivity index (χ1) is 46.6. The summed E-state index contributed by atoms with van der Waals surface area (Å²) in [6.07, 6.45) is 43.3. The number of urea groups is 1. The van der Waals surface area contributed by atoms with Gasteiger partial charge in [0, 0.05) is 52.1 Å². The summed E-state index contributed by atoms with van der Waals surface area (Å²) in [5.41, 5.74) is 0. The summed E-state index contributed by atoms with van der Waals surface area (Å²) in [6.45, 7) is 11.8. The van der Waals surface area contributed by atoms with Gasteiger partial charge in [-0.05, 0) is 44.9 Å². The normalized spacial score (nSPS) is 13.3. The molecule has 0 saturated heterocycles. The topological polar surface area (TPSA) is 276 Å². The minimum Gasteiger partial charge on any atom is -0.462 e. The van der Waals surface area contributed by atoms with Gasteiger partial charge >= 0.3 is 34.5 Å². The van der Waals surface area contributed by atoms with Crippen molar-refractivity contribution in [2.45, 2.75) is 361 Å². The number of rotatable bonds is 74. The largest absolute Gasteiger partial charge is 0.462 e. The third kappa shape index (κ3) is 65.3. The van der Waals surface area contributed by atoms with Gasteiger partial charge in [0.2, 0.25) is 11.8 Å². The van der Waals surface area contributed by atoms with Crippen molar-refractivity contribution in [2.75, 3.05) is 65.9 Å². The molecule has 0 aliphatic heterocycles. The van der Waals surface area contributed by atoms with E-state index in [0.717, 1.165) is 141 Å². The monoisotopic (exact) mass is 1410 g/mol. The molecule has 0 radical (unpaired) electrons. The van der Waals surface area contributed by atoms with Gasteiger partial charge in [0.05, 0.1) is 77.8 Å². The SMILES string of the molecule is CCCCCCCCCCCC(=O)CC(=O)NC(COCCC(CCCCCCC)OC(C)=O)CO[PH](=O)OCCNC(=O)NCCO[PH](=O)OCC(COCCC(CCCCCCC)OC(=O)CCCCCCCCCCC)NC(=O)CC(=O)CCCCCCCCCCC. The maximum Gasteiger partial charge on any atom is 0.319 e. The smallest absolute Gasteiger partial charge is 0.319 e. The van der Waals surface area contributed by atoms with E-state index in [2.05, 4.69) is 55.9 Å². The van der Waals surface area contributed by atoms with E-state index in [0.29, 0.717) is 38.5 Å². The van der Waals surface area contributed by atoms with Gasteiger partial charge in [0.15, 0.2) is 0 Å². The highest BCUT2D eigenvalue weighted by Gasteiger charge is 2.22. The van der Waals surface area contributed by atoms with Crippen molar-refractivity contribution in [3.05, 3.63) is 0 Å². The van der Waals surface area contributed by atoms with Gasteiger partial charge in [0.1, 0.15) is 23.8 Å². The first kappa shape index (κ1) is 92.7. The minimum atomic E-state index is -3.12. The van der Waals surface area contributed by atoms with Crippen molar-refractivity contribution in [1.82, 2.24) is 21.3 Å². The number of ether oxygens (including phenoxy) is 4. The summed E-state index contributed by atoms with van der Waals surface area (Å²) in [7, 11) is -6.23. The van der Waals surface area contributed by atoms with E-state index in [1.54, 1.807) is 0 Å². The van der Waals surface area contributed by atoms with E-state index < -0.39 is 46.4 Å². The molecule has 0 bridgehead atoms. The molecule has 0 fully saturated rings. The van der Waals surface area contributed by atoms with Crippen molar-refractivity contribution in [3.8, 4) is 0 Å². The number of esters is 2. The van der Waals surface area contributed by atoms with E-state index in [4.69, 9.17) is 37.0 Å². The molecule has 0 spiro atoms. The number of carbonyl (C=O) groups is 7. The third-order valence-electron chi connectivity index (χ3n) is 16.8. The number of carbonyl (C=O) groups excluding carboxylic acids is 7. The molecule has 0 heterocycles. The van der Waals surface area contributed by atoms with Gasteiger partial charge < -0.3 is 58.3 Å². The molecule has 4 N–H and O–H groups in total. The second-order valence-electron chi connectivity index (χ2n) is 26.2. The summed E-state index contributed by atoms with van der Waals surface area (Å²) in [4.78, 5) is 89.3. The lowest BCUT2D eigenvalue weighted by Crippen LogP contribution is -2.42. The van der Waals surface area contributed by atoms with Crippen LogP contribution in [0.15, 0.2) is 0 Å². The first-order valence-corrected chi connectivity index (χ1v) is 40.9. The molecular formula is C73H140N4O17P2. The lowest BCUT2D eigenvalue weighted by molar-refractivity contribution is -0.151. The standard InChI is InChI=1S/C73H140N4O17P2/c1-7-12-17-22-25-28-31-36-39-44-66(79)57-70(81)76-64(59-87-53-49-68(93-63(6)78)46-41-34-20-15-10-4)61-91-95(85)89-55-51-74-73(84)75-52-56-90-96(86)92-62-65(77-71(82)58-67(80)45-40-37-32-29-26-23-18-13-8-2)60-88-54-50-69(47-42-35-21-16-11-5)94-72(83)48-43-38-33-30-27-24-19-14-9-3/h64-65,68-69,95-96H,7-62H2,1-6H3,(H,76,81)(H,77,82)(H2,74,75,84). The molecule has 6 unspecified atom stereocenters. The molecule has 564 valence electrons. The summed E-state index contributed by atoms with van der Waals surface area (Å²) in [6, 6.07) is -2.16. The van der Waals surface area contributed by atoms with Gasteiger partial charge in [0.25, 0.3) is 0 Å². The molecule has 4 amide bonds. The Balaban J connectivity index is 5.33. The van der Waals surface area contributed by atoms with Crippen molar-refractivity contribution in [3.63, 3.8) is 0 Å². The van der Waals surface area contributed by atoms with Gasteiger partial charge in [-0.15, -0.1) is 0 Å². The Hall–Kier alpha value is -3.29. The van der Waals surface area contributed by atoms with Crippen LogP contribution in [0.1, 0.15) is 337 Å². The quantitative estimate of drug-likeness (QED) is 0.0191. The van der Waals surface area contributed by atoms with Crippen LogP contribution >= 0.6 is 16.5 Å². The van der Waals surface area contributed by atoms with Crippen LogP contribution < -0.4 is 21.3 Å². The van der Waals surface area contributed by atoms with Crippen LogP contribution in [0.5, 0.6) is 0 Å². The highest BCUT2D eigenvalue weighted by Crippen LogP contribution is 2.25. The van der Waals surface area contributed by atoms with Crippen LogP contribution in [0, 0.1) is 0 Å². The van der Waals surface area contributed by atoms with E-state index in [-0.39, 0.29) is 114 Å². The van der Waals surface area contributed by atoms with Gasteiger partial charge in [-0.1, -0.05) is 240 Å². The predicted molar refractivity (Wildman–Crippen MR) is 385 cm³/mol. The Bertz CT molecular complexity index is 1960. The maximum atomic E-state index is 13.2. The van der Waals surface area contributed by atoms with Crippen molar-refractivity contribution < 1.29 is 79.7 Å². The lowest BCUT2D eigenvalue weighted by Gasteiger charge is -2.21. The van der Waals surface area contributed by atoms with Crippen LogP contribution in [0.25, 0.3) is 0 Å². The fraction of sp³-hybridized carbons (Fsp3) is 0.904. The molecule has 0 aromatic heterocycles. The summed E-state index contributed by atoms with van der Waals surface area (Å²) < 4.78 is 71.0. The Morgan fingerprint density at radius 3 is 1.00 bits per heavy atom. The molecule has 0 aliphatic rings.